The molecule has 0 spiro atoms. The average molecular weight is 182 g/mol. The summed E-state index contributed by atoms with van der Waals surface area (Å²) in [5.74, 6) is 0. The molecule has 0 bridgehead atoms. The van der Waals surface area contributed by atoms with E-state index in [-0.39, 0.29) is 5.54 Å². The van der Waals surface area contributed by atoms with Gasteiger partial charge in [0.25, 0.3) is 0 Å². The third kappa shape index (κ3) is 3.71. The Morgan fingerprint density at radius 2 is 1.92 bits per heavy atom. The van der Waals surface area contributed by atoms with Crippen LogP contribution in [0.5, 0.6) is 0 Å². The van der Waals surface area contributed by atoms with Gasteiger partial charge in [-0.3, -0.25) is 0 Å². The van der Waals surface area contributed by atoms with Crippen LogP contribution in [0.15, 0.2) is 4.99 Å². The van der Waals surface area contributed by atoms with E-state index in [9.17, 15) is 4.79 Å². The second-order valence-corrected chi connectivity index (χ2v) is 4.35. The summed E-state index contributed by atoms with van der Waals surface area (Å²) in [7, 11) is 0. The zero-order chi connectivity index (χ0) is 9.73. The van der Waals surface area contributed by atoms with Crippen LogP contribution in [0, 0.1) is 0 Å². The van der Waals surface area contributed by atoms with Crippen molar-refractivity contribution in [1.82, 2.24) is 4.90 Å². The monoisotopic (exact) mass is 182 g/mol. The van der Waals surface area contributed by atoms with Crippen LogP contribution in [-0.2, 0) is 4.79 Å². The van der Waals surface area contributed by atoms with Crippen LogP contribution in [0.1, 0.15) is 33.1 Å². The SMILES string of the molecule is CC(C)(CN1CCCCC1)N=C=O. The predicted molar refractivity (Wildman–Crippen MR) is 52.5 cm³/mol. The fraction of sp³-hybridized carbons (Fsp3) is 0.900. The molecule has 1 rings (SSSR count). The molecule has 0 aromatic heterocycles. The van der Waals surface area contributed by atoms with Crippen LogP contribution >= 0.6 is 0 Å². The summed E-state index contributed by atoms with van der Waals surface area (Å²) >= 11 is 0. The van der Waals surface area contributed by atoms with Crippen molar-refractivity contribution >= 4 is 6.08 Å². The molecule has 1 aliphatic rings. The second kappa shape index (κ2) is 4.54. The molecule has 3 nitrogen and oxygen atoms in total. The Kier molecular flexibility index (Phi) is 3.64. The van der Waals surface area contributed by atoms with Gasteiger partial charge in [-0.2, -0.15) is 4.99 Å². The van der Waals surface area contributed by atoms with Crippen molar-refractivity contribution in [3.8, 4) is 0 Å². The minimum atomic E-state index is -0.265. The number of rotatable bonds is 3. The summed E-state index contributed by atoms with van der Waals surface area (Å²) in [6.07, 6.45) is 5.54. The van der Waals surface area contributed by atoms with Crippen molar-refractivity contribution in [2.75, 3.05) is 19.6 Å². The fourth-order valence-corrected chi connectivity index (χ4v) is 1.82. The highest BCUT2D eigenvalue weighted by Crippen LogP contribution is 2.15. The highest BCUT2D eigenvalue weighted by atomic mass is 16.1. The van der Waals surface area contributed by atoms with E-state index in [2.05, 4.69) is 9.89 Å². The van der Waals surface area contributed by atoms with Gasteiger partial charge in [0.2, 0.25) is 6.08 Å². The van der Waals surface area contributed by atoms with Crippen LogP contribution < -0.4 is 0 Å². The van der Waals surface area contributed by atoms with Gasteiger partial charge in [-0.05, 0) is 39.8 Å². The number of aliphatic imine (C=N–C) groups is 1. The Morgan fingerprint density at radius 1 is 1.31 bits per heavy atom. The van der Waals surface area contributed by atoms with E-state index >= 15 is 0 Å². The van der Waals surface area contributed by atoms with Crippen molar-refractivity contribution in [2.45, 2.75) is 38.6 Å². The van der Waals surface area contributed by atoms with Gasteiger partial charge < -0.3 is 4.90 Å². The van der Waals surface area contributed by atoms with E-state index in [0.717, 1.165) is 19.6 Å². The molecule has 0 atom stereocenters. The van der Waals surface area contributed by atoms with Crippen molar-refractivity contribution in [3.63, 3.8) is 0 Å². The van der Waals surface area contributed by atoms with Gasteiger partial charge >= 0.3 is 0 Å². The average Bonchev–Trinajstić information content (AvgIpc) is 2.04. The molecule has 0 N–H and O–H groups in total. The summed E-state index contributed by atoms with van der Waals surface area (Å²) in [6, 6.07) is 0. The smallest absolute Gasteiger partial charge is 0.235 e. The molecule has 0 saturated carbocycles. The second-order valence-electron chi connectivity index (χ2n) is 4.35. The van der Waals surface area contributed by atoms with Crippen LogP contribution in [0.25, 0.3) is 0 Å². The van der Waals surface area contributed by atoms with Crippen molar-refractivity contribution in [2.24, 2.45) is 4.99 Å². The molecule has 0 aromatic rings. The standard InChI is InChI=1S/C10H18N2O/c1-10(2,11-9-13)8-12-6-4-3-5-7-12/h3-8H2,1-2H3. The lowest BCUT2D eigenvalue weighted by Gasteiger charge is -2.31. The minimum Gasteiger partial charge on any atom is -0.301 e. The van der Waals surface area contributed by atoms with Gasteiger partial charge in [-0.1, -0.05) is 6.42 Å². The number of likely N-dealkylation sites (tertiary alicyclic amines) is 1. The molecule has 1 fully saturated rings. The first-order chi connectivity index (χ1) is 6.14. The molecule has 0 aliphatic carbocycles. The molecule has 1 heterocycles. The Balaban J connectivity index is 2.41. The van der Waals surface area contributed by atoms with E-state index in [1.807, 2.05) is 13.8 Å². The summed E-state index contributed by atoms with van der Waals surface area (Å²) in [5, 5.41) is 0. The fourth-order valence-electron chi connectivity index (χ4n) is 1.82. The lowest BCUT2D eigenvalue weighted by molar-refractivity contribution is 0.192. The zero-order valence-corrected chi connectivity index (χ0v) is 8.55. The topological polar surface area (TPSA) is 32.7 Å². The van der Waals surface area contributed by atoms with Gasteiger partial charge in [-0.15, -0.1) is 0 Å². The predicted octanol–water partition coefficient (Wildman–Crippen LogP) is 1.59. The number of carbonyl (C=O) groups excluding carboxylic acids is 1. The van der Waals surface area contributed by atoms with Gasteiger partial charge in [0, 0.05) is 6.54 Å². The van der Waals surface area contributed by atoms with E-state index < -0.39 is 0 Å². The van der Waals surface area contributed by atoms with Gasteiger partial charge in [-0.25, -0.2) is 4.79 Å². The first-order valence-corrected chi connectivity index (χ1v) is 4.95. The number of piperidine rings is 1. The Labute approximate surface area is 79.8 Å². The zero-order valence-electron chi connectivity index (χ0n) is 8.55. The lowest BCUT2D eigenvalue weighted by atomic mass is 10.0. The highest BCUT2D eigenvalue weighted by molar-refractivity contribution is 5.34. The Bertz CT molecular complexity index is 201. The first-order valence-electron chi connectivity index (χ1n) is 4.95. The number of isocyanates is 1. The van der Waals surface area contributed by atoms with E-state index in [4.69, 9.17) is 0 Å². The maximum Gasteiger partial charge on any atom is 0.235 e. The van der Waals surface area contributed by atoms with E-state index in [1.54, 1.807) is 6.08 Å². The van der Waals surface area contributed by atoms with E-state index in [0.29, 0.717) is 0 Å². The number of hydrogen-bond donors (Lipinski definition) is 0. The summed E-state index contributed by atoms with van der Waals surface area (Å²) in [4.78, 5) is 16.3. The van der Waals surface area contributed by atoms with Crippen molar-refractivity contribution < 1.29 is 4.79 Å². The molecule has 0 radical (unpaired) electrons. The molecule has 3 heteroatoms. The third-order valence-corrected chi connectivity index (χ3v) is 2.41. The summed E-state index contributed by atoms with van der Waals surface area (Å²) in [5.41, 5.74) is -0.265. The quantitative estimate of drug-likeness (QED) is 0.490. The molecule has 74 valence electrons. The van der Waals surface area contributed by atoms with Gasteiger partial charge in [0.05, 0.1) is 5.54 Å². The van der Waals surface area contributed by atoms with Crippen LogP contribution in [0.3, 0.4) is 0 Å². The number of nitrogens with zero attached hydrogens (tertiary/aromatic N) is 2. The van der Waals surface area contributed by atoms with E-state index in [1.165, 1.54) is 19.3 Å². The molecule has 0 amide bonds. The molecule has 0 unspecified atom stereocenters. The van der Waals surface area contributed by atoms with Crippen LogP contribution in [-0.4, -0.2) is 36.2 Å². The molecule has 0 aromatic carbocycles. The molecule has 13 heavy (non-hydrogen) atoms. The highest BCUT2D eigenvalue weighted by Gasteiger charge is 2.21. The van der Waals surface area contributed by atoms with Crippen molar-refractivity contribution in [3.05, 3.63) is 0 Å². The maximum atomic E-state index is 10.2. The lowest BCUT2D eigenvalue weighted by Crippen LogP contribution is -2.40. The third-order valence-electron chi connectivity index (χ3n) is 2.41. The molecular weight excluding hydrogens is 164 g/mol. The minimum absolute atomic E-state index is 0.265. The number of hydrogen-bond acceptors (Lipinski definition) is 3. The summed E-state index contributed by atoms with van der Waals surface area (Å²) in [6.45, 7) is 7.14. The molecule has 1 saturated heterocycles. The molecular formula is C10H18N2O. The van der Waals surface area contributed by atoms with Crippen LogP contribution in [0.4, 0.5) is 0 Å². The normalized spacial score (nSPS) is 19.5. The van der Waals surface area contributed by atoms with Crippen molar-refractivity contribution in [1.29, 1.82) is 0 Å². The van der Waals surface area contributed by atoms with Gasteiger partial charge in [0.1, 0.15) is 0 Å². The maximum absolute atomic E-state index is 10.2. The van der Waals surface area contributed by atoms with Gasteiger partial charge in [0.15, 0.2) is 0 Å². The largest absolute Gasteiger partial charge is 0.301 e. The summed E-state index contributed by atoms with van der Waals surface area (Å²) < 4.78 is 0. The van der Waals surface area contributed by atoms with Crippen LogP contribution in [0.2, 0.25) is 0 Å². The Morgan fingerprint density at radius 3 is 2.46 bits per heavy atom. The Hall–Kier alpha value is -0.660. The molecule has 1 aliphatic heterocycles. The first kappa shape index (κ1) is 10.4.